The summed E-state index contributed by atoms with van der Waals surface area (Å²) in [6, 6.07) is 10.7. The molecule has 0 radical (unpaired) electrons. The molecule has 1 spiro atoms. The van der Waals surface area contributed by atoms with Crippen LogP contribution in [0.5, 0.6) is 0 Å². The molecule has 154 valence electrons. The first kappa shape index (κ1) is 18.9. The van der Waals surface area contributed by atoms with Crippen LogP contribution in [0.1, 0.15) is 55.5 Å². The zero-order valence-corrected chi connectivity index (χ0v) is 17.6. The van der Waals surface area contributed by atoms with Crippen molar-refractivity contribution in [1.29, 1.82) is 0 Å². The third-order valence-corrected chi connectivity index (χ3v) is 6.71. The van der Waals surface area contributed by atoms with Gasteiger partial charge in [0.2, 0.25) is 5.79 Å². The first-order valence-corrected chi connectivity index (χ1v) is 11.1. The Hall–Kier alpha value is -2.11. The topological polar surface area (TPSA) is 39.5 Å². The SMILES string of the molecule is Cc1nn(-c2ccccc2)c(C)c1/C=C1/C[C@H](N2CCCCC2)[C@@]2(CCCO2)O1. The predicted molar refractivity (Wildman–Crippen MR) is 114 cm³/mol. The molecule has 5 nitrogen and oxygen atoms in total. The fourth-order valence-electron chi connectivity index (χ4n) is 5.23. The van der Waals surface area contributed by atoms with Crippen LogP contribution in [0.3, 0.4) is 0 Å². The molecule has 2 atom stereocenters. The van der Waals surface area contributed by atoms with Crippen LogP contribution in [-0.4, -0.2) is 46.2 Å². The van der Waals surface area contributed by atoms with Crippen LogP contribution in [0.25, 0.3) is 11.8 Å². The van der Waals surface area contributed by atoms with E-state index in [0.29, 0.717) is 6.04 Å². The molecule has 5 heteroatoms. The van der Waals surface area contributed by atoms with E-state index in [9.17, 15) is 0 Å². The number of aromatic nitrogens is 2. The van der Waals surface area contributed by atoms with Gasteiger partial charge in [-0.05, 0) is 64.4 Å². The molecule has 1 aromatic heterocycles. The summed E-state index contributed by atoms with van der Waals surface area (Å²) in [4.78, 5) is 2.61. The normalized spacial score (nSPS) is 29.0. The number of aryl methyl sites for hydroxylation is 1. The van der Waals surface area contributed by atoms with Crippen LogP contribution in [0, 0.1) is 13.8 Å². The third kappa shape index (κ3) is 3.40. The molecule has 2 aromatic rings. The molecular formula is C24H31N3O2. The molecule has 3 saturated heterocycles. The monoisotopic (exact) mass is 393 g/mol. The van der Waals surface area contributed by atoms with Gasteiger partial charge in [0.1, 0.15) is 5.76 Å². The molecule has 0 saturated carbocycles. The van der Waals surface area contributed by atoms with Crippen LogP contribution >= 0.6 is 0 Å². The third-order valence-electron chi connectivity index (χ3n) is 6.71. The van der Waals surface area contributed by atoms with Crippen molar-refractivity contribution in [3.8, 4) is 5.69 Å². The molecular weight excluding hydrogens is 362 g/mol. The first-order valence-electron chi connectivity index (χ1n) is 11.1. The number of rotatable bonds is 3. The van der Waals surface area contributed by atoms with Crippen molar-refractivity contribution in [3.05, 3.63) is 53.0 Å². The van der Waals surface area contributed by atoms with E-state index in [1.165, 1.54) is 19.3 Å². The summed E-state index contributed by atoms with van der Waals surface area (Å²) >= 11 is 0. The van der Waals surface area contributed by atoms with E-state index in [2.05, 4.69) is 49.1 Å². The van der Waals surface area contributed by atoms with Gasteiger partial charge in [-0.25, -0.2) is 4.68 Å². The summed E-state index contributed by atoms with van der Waals surface area (Å²) in [5.41, 5.74) is 4.43. The summed E-state index contributed by atoms with van der Waals surface area (Å²) in [5, 5.41) is 4.80. The van der Waals surface area contributed by atoms with E-state index in [-0.39, 0.29) is 0 Å². The number of piperidine rings is 1. The maximum atomic E-state index is 6.56. The Bertz CT molecular complexity index is 890. The molecule has 3 aliphatic rings. The van der Waals surface area contributed by atoms with Crippen LogP contribution in [0.4, 0.5) is 0 Å². The van der Waals surface area contributed by atoms with Crippen molar-refractivity contribution in [2.45, 2.75) is 64.2 Å². The second-order valence-corrected chi connectivity index (χ2v) is 8.62. The Morgan fingerprint density at radius 1 is 1.07 bits per heavy atom. The second-order valence-electron chi connectivity index (χ2n) is 8.62. The van der Waals surface area contributed by atoms with Crippen molar-refractivity contribution in [2.75, 3.05) is 19.7 Å². The molecule has 3 fully saturated rings. The van der Waals surface area contributed by atoms with Crippen LogP contribution in [0.15, 0.2) is 36.1 Å². The zero-order chi connectivity index (χ0) is 19.8. The van der Waals surface area contributed by atoms with Crippen molar-refractivity contribution >= 4 is 6.08 Å². The van der Waals surface area contributed by atoms with E-state index in [1.807, 2.05) is 10.7 Å². The maximum Gasteiger partial charge on any atom is 0.226 e. The smallest absolute Gasteiger partial charge is 0.226 e. The van der Waals surface area contributed by atoms with Crippen LogP contribution in [0.2, 0.25) is 0 Å². The fraction of sp³-hybridized carbons (Fsp3) is 0.542. The highest BCUT2D eigenvalue weighted by molar-refractivity contribution is 5.58. The summed E-state index contributed by atoms with van der Waals surface area (Å²) < 4.78 is 14.8. The molecule has 0 aliphatic carbocycles. The first-order chi connectivity index (χ1) is 14.2. The molecule has 0 amide bonds. The molecule has 29 heavy (non-hydrogen) atoms. The van der Waals surface area contributed by atoms with Gasteiger partial charge in [0.15, 0.2) is 0 Å². The van der Waals surface area contributed by atoms with E-state index >= 15 is 0 Å². The van der Waals surface area contributed by atoms with Crippen LogP contribution in [-0.2, 0) is 9.47 Å². The van der Waals surface area contributed by atoms with Gasteiger partial charge in [0, 0.05) is 24.1 Å². The number of nitrogens with zero attached hydrogens (tertiary/aromatic N) is 3. The minimum atomic E-state index is -0.444. The Morgan fingerprint density at radius 2 is 1.86 bits per heavy atom. The lowest BCUT2D eigenvalue weighted by atomic mass is 9.98. The lowest BCUT2D eigenvalue weighted by Crippen LogP contribution is -2.51. The highest BCUT2D eigenvalue weighted by Crippen LogP contribution is 2.45. The minimum Gasteiger partial charge on any atom is -0.465 e. The lowest BCUT2D eigenvalue weighted by molar-refractivity contribution is -0.194. The Balaban J connectivity index is 1.46. The highest BCUT2D eigenvalue weighted by atomic mass is 16.7. The minimum absolute atomic E-state index is 0.335. The molecule has 0 N–H and O–H groups in total. The Kier molecular flexibility index (Phi) is 4.96. The summed E-state index contributed by atoms with van der Waals surface area (Å²) in [6.45, 7) is 7.35. The predicted octanol–water partition coefficient (Wildman–Crippen LogP) is 4.61. The van der Waals surface area contributed by atoms with Gasteiger partial charge in [-0.1, -0.05) is 24.6 Å². The second kappa shape index (κ2) is 7.62. The average molecular weight is 394 g/mol. The van der Waals surface area contributed by atoms with Gasteiger partial charge < -0.3 is 9.47 Å². The number of ether oxygens (including phenoxy) is 2. The van der Waals surface area contributed by atoms with Crippen molar-refractivity contribution in [2.24, 2.45) is 0 Å². The lowest BCUT2D eigenvalue weighted by Gasteiger charge is -2.38. The zero-order valence-electron chi connectivity index (χ0n) is 17.6. The molecule has 4 heterocycles. The fourth-order valence-corrected chi connectivity index (χ4v) is 5.23. The quantitative estimate of drug-likeness (QED) is 0.763. The Labute approximate surface area is 173 Å². The van der Waals surface area contributed by atoms with E-state index < -0.39 is 5.79 Å². The van der Waals surface area contributed by atoms with Gasteiger partial charge in [0.05, 0.1) is 24.0 Å². The average Bonchev–Trinajstić information content (AvgIpc) is 3.44. The Morgan fingerprint density at radius 3 is 2.59 bits per heavy atom. The number of hydrogen-bond acceptors (Lipinski definition) is 4. The van der Waals surface area contributed by atoms with Gasteiger partial charge in [-0.3, -0.25) is 4.90 Å². The van der Waals surface area contributed by atoms with Gasteiger partial charge in [-0.2, -0.15) is 5.10 Å². The maximum absolute atomic E-state index is 6.56. The number of benzene rings is 1. The van der Waals surface area contributed by atoms with E-state index in [4.69, 9.17) is 14.6 Å². The van der Waals surface area contributed by atoms with Gasteiger partial charge in [0.25, 0.3) is 0 Å². The summed E-state index contributed by atoms with van der Waals surface area (Å²) in [6.07, 6.45) is 9.13. The van der Waals surface area contributed by atoms with Crippen molar-refractivity contribution < 1.29 is 9.47 Å². The number of hydrogen-bond donors (Lipinski definition) is 0. The molecule has 3 aliphatic heterocycles. The van der Waals surface area contributed by atoms with Crippen molar-refractivity contribution in [3.63, 3.8) is 0 Å². The van der Waals surface area contributed by atoms with Crippen LogP contribution < -0.4 is 0 Å². The standard InChI is InChI=1S/C24H31N3O2/c1-18-22(19(2)27(25-18)20-10-5-3-6-11-20)16-21-17-23(26-13-7-4-8-14-26)24(29-21)12-9-15-28-24/h3,5-6,10-11,16,23H,4,7-9,12-15,17H2,1-2H3/b21-16-/t23-,24+/m0/s1. The molecule has 5 rings (SSSR count). The number of likely N-dealkylation sites (tertiary alicyclic amines) is 1. The highest BCUT2D eigenvalue weighted by Gasteiger charge is 2.53. The molecule has 0 unspecified atom stereocenters. The summed E-state index contributed by atoms with van der Waals surface area (Å²) in [7, 11) is 0. The molecule has 1 aromatic carbocycles. The van der Waals surface area contributed by atoms with Gasteiger partial charge >= 0.3 is 0 Å². The summed E-state index contributed by atoms with van der Waals surface area (Å²) in [5.74, 6) is 0.599. The van der Waals surface area contributed by atoms with E-state index in [0.717, 1.165) is 67.4 Å². The van der Waals surface area contributed by atoms with Crippen molar-refractivity contribution in [1.82, 2.24) is 14.7 Å². The van der Waals surface area contributed by atoms with Gasteiger partial charge in [-0.15, -0.1) is 0 Å². The van der Waals surface area contributed by atoms with E-state index in [1.54, 1.807) is 0 Å². The number of para-hydroxylation sites is 1. The largest absolute Gasteiger partial charge is 0.465 e. The molecule has 0 bridgehead atoms.